The van der Waals surface area contributed by atoms with Gasteiger partial charge in [0.25, 0.3) is 0 Å². The highest BCUT2D eigenvalue weighted by molar-refractivity contribution is 6.27. The minimum atomic E-state index is -0.516. The van der Waals surface area contributed by atoms with E-state index in [1.165, 1.54) is 18.2 Å². The average Bonchev–Trinajstić information content (AvgIpc) is 2.96. The Morgan fingerprint density at radius 3 is 2.50 bits per heavy atom. The SMILES string of the molecule is CCOC(=O)/C=C/c1cc2c(o1)C(=O)c1ccccc1C2=O. The van der Waals surface area contributed by atoms with E-state index in [1.54, 1.807) is 31.2 Å². The Morgan fingerprint density at radius 2 is 1.82 bits per heavy atom. The third-order valence-electron chi connectivity index (χ3n) is 3.29. The largest absolute Gasteiger partial charge is 0.463 e. The maximum atomic E-state index is 12.4. The maximum absolute atomic E-state index is 12.4. The van der Waals surface area contributed by atoms with Crippen LogP contribution in [0.5, 0.6) is 0 Å². The molecule has 1 heterocycles. The van der Waals surface area contributed by atoms with Crippen molar-refractivity contribution in [1.82, 2.24) is 0 Å². The van der Waals surface area contributed by atoms with Crippen LogP contribution in [-0.4, -0.2) is 24.1 Å². The monoisotopic (exact) mass is 296 g/mol. The van der Waals surface area contributed by atoms with Crippen LogP contribution >= 0.6 is 0 Å². The third kappa shape index (κ3) is 2.26. The van der Waals surface area contributed by atoms with E-state index < -0.39 is 5.97 Å². The van der Waals surface area contributed by atoms with Gasteiger partial charge < -0.3 is 9.15 Å². The van der Waals surface area contributed by atoms with Crippen molar-refractivity contribution in [2.24, 2.45) is 0 Å². The van der Waals surface area contributed by atoms with Crippen LogP contribution in [0.25, 0.3) is 6.08 Å². The number of ketones is 2. The Bertz CT molecular complexity index is 758. The molecule has 0 amide bonds. The molecule has 1 aliphatic carbocycles. The van der Waals surface area contributed by atoms with Crippen molar-refractivity contribution in [3.05, 3.63) is 64.6 Å². The second-order valence-corrected chi connectivity index (χ2v) is 4.68. The zero-order valence-electron chi connectivity index (χ0n) is 11.8. The molecule has 0 fully saturated rings. The van der Waals surface area contributed by atoms with E-state index in [1.807, 2.05) is 0 Å². The Morgan fingerprint density at radius 1 is 1.14 bits per heavy atom. The minimum Gasteiger partial charge on any atom is -0.463 e. The minimum absolute atomic E-state index is 0.00667. The zero-order valence-corrected chi connectivity index (χ0v) is 11.8. The summed E-state index contributed by atoms with van der Waals surface area (Å²) in [6.07, 6.45) is 2.57. The van der Waals surface area contributed by atoms with Crippen LogP contribution in [0.2, 0.25) is 0 Å². The van der Waals surface area contributed by atoms with Gasteiger partial charge in [-0.3, -0.25) is 9.59 Å². The molecule has 1 aliphatic rings. The Balaban J connectivity index is 1.97. The van der Waals surface area contributed by atoms with E-state index in [0.29, 0.717) is 11.1 Å². The van der Waals surface area contributed by atoms with Crippen molar-refractivity contribution in [1.29, 1.82) is 0 Å². The van der Waals surface area contributed by atoms with E-state index in [0.717, 1.165) is 0 Å². The number of esters is 1. The number of carbonyl (C=O) groups is 3. The second-order valence-electron chi connectivity index (χ2n) is 4.68. The highest BCUT2D eigenvalue weighted by Gasteiger charge is 2.32. The fourth-order valence-electron chi connectivity index (χ4n) is 2.32. The lowest BCUT2D eigenvalue weighted by Gasteiger charge is -2.11. The number of furan rings is 1. The molecule has 1 aromatic heterocycles. The summed E-state index contributed by atoms with van der Waals surface area (Å²) in [5.41, 5.74) is 0.907. The number of rotatable bonds is 3. The fraction of sp³-hybridized carbons (Fsp3) is 0.118. The predicted octanol–water partition coefficient (Wildman–Crippen LogP) is 2.63. The van der Waals surface area contributed by atoms with Crippen molar-refractivity contribution >= 4 is 23.6 Å². The van der Waals surface area contributed by atoms with Gasteiger partial charge in [-0.2, -0.15) is 0 Å². The average molecular weight is 296 g/mol. The molecule has 0 unspecified atom stereocenters. The van der Waals surface area contributed by atoms with Crippen molar-refractivity contribution in [3.63, 3.8) is 0 Å². The summed E-state index contributed by atoms with van der Waals surface area (Å²) < 4.78 is 10.2. The molecule has 3 rings (SSSR count). The van der Waals surface area contributed by atoms with Gasteiger partial charge in [0.05, 0.1) is 12.2 Å². The normalized spacial score (nSPS) is 13.1. The summed E-state index contributed by atoms with van der Waals surface area (Å²) in [4.78, 5) is 36.0. The lowest BCUT2D eigenvalue weighted by Crippen LogP contribution is -2.18. The highest BCUT2D eigenvalue weighted by atomic mass is 16.5. The first-order valence-corrected chi connectivity index (χ1v) is 6.79. The topological polar surface area (TPSA) is 73.6 Å². The van der Waals surface area contributed by atoms with Gasteiger partial charge in [-0.1, -0.05) is 24.3 Å². The van der Waals surface area contributed by atoms with E-state index in [9.17, 15) is 14.4 Å². The molecule has 110 valence electrons. The first kappa shape index (κ1) is 14.0. The van der Waals surface area contributed by atoms with Crippen molar-refractivity contribution < 1.29 is 23.5 Å². The van der Waals surface area contributed by atoms with E-state index in [2.05, 4.69) is 0 Å². The Kier molecular flexibility index (Phi) is 3.47. The van der Waals surface area contributed by atoms with Gasteiger partial charge >= 0.3 is 5.97 Å². The van der Waals surface area contributed by atoms with Crippen LogP contribution in [0.4, 0.5) is 0 Å². The quantitative estimate of drug-likeness (QED) is 0.548. The lowest BCUT2D eigenvalue weighted by atomic mass is 9.89. The Labute approximate surface area is 126 Å². The molecule has 0 radical (unpaired) electrons. The molecular weight excluding hydrogens is 284 g/mol. The number of carbonyl (C=O) groups excluding carboxylic acids is 3. The van der Waals surface area contributed by atoms with Gasteiger partial charge in [0.1, 0.15) is 5.76 Å². The summed E-state index contributed by atoms with van der Waals surface area (Å²) in [5.74, 6) is -0.844. The van der Waals surface area contributed by atoms with Gasteiger partial charge in [-0.05, 0) is 19.1 Å². The van der Waals surface area contributed by atoms with Crippen LogP contribution in [-0.2, 0) is 9.53 Å². The summed E-state index contributed by atoms with van der Waals surface area (Å²) in [6, 6.07) is 8.06. The van der Waals surface area contributed by atoms with Crippen LogP contribution in [0, 0.1) is 0 Å². The molecule has 0 saturated carbocycles. The molecule has 5 heteroatoms. The zero-order chi connectivity index (χ0) is 15.7. The molecule has 5 nitrogen and oxygen atoms in total. The van der Waals surface area contributed by atoms with E-state index in [4.69, 9.17) is 9.15 Å². The standard InChI is InChI=1S/C17H12O5/c1-2-21-14(18)8-7-10-9-13-15(19)11-5-3-4-6-12(11)16(20)17(13)22-10/h3-9H,2H2,1H3/b8-7+. The van der Waals surface area contributed by atoms with Gasteiger partial charge in [0.2, 0.25) is 5.78 Å². The van der Waals surface area contributed by atoms with Crippen molar-refractivity contribution in [2.75, 3.05) is 6.61 Å². The molecular formula is C17H12O5. The first-order chi connectivity index (χ1) is 10.6. The molecule has 0 atom stereocenters. The van der Waals surface area contributed by atoms with Crippen LogP contribution in [0.1, 0.15) is 44.7 Å². The summed E-state index contributed by atoms with van der Waals surface area (Å²) in [5, 5.41) is 0. The number of hydrogen-bond donors (Lipinski definition) is 0. The van der Waals surface area contributed by atoms with Crippen molar-refractivity contribution in [3.8, 4) is 0 Å². The molecule has 0 spiro atoms. The molecule has 0 saturated heterocycles. The number of benzene rings is 1. The first-order valence-electron chi connectivity index (χ1n) is 6.79. The van der Waals surface area contributed by atoms with Gasteiger partial charge in [0.15, 0.2) is 11.5 Å². The fourth-order valence-corrected chi connectivity index (χ4v) is 2.32. The molecule has 0 N–H and O–H groups in total. The van der Waals surface area contributed by atoms with E-state index >= 15 is 0 Å². The third-order valence-corrected chi connectivity index (χ3v) is 3.29. The van der Waals surface area contributed by atoms with E-state index in [-0.39, 0.29) is 35.3 Å². The summed E-state index contributed by atoms with van der Waals surface area (Å²) in [7, 11) is 0. The van der Waals surface area contributed by atoms with Crippen LogP contribution < -0.4 is 0 Å². The highest BCUT2D eigenvalue weighted by Crippen LogP contribution is 2.29. The van der Waals surface area contributed by atoms with Crippen molar-refractivity contribution in [2.45, 2.75) is 6.92 Å². The lowest BCUT2D eigenvalue weighted by molar-refractivity contribution is -0.137. The van der Waals surface area contributed by atoms with Gasteiger partial charge in [0, 0.05) is 17.2 Å². The number of ether oxygens (including phenoxy) is 1. The smallest absolute Gasteiger partial charge is 0.330 e. The van der Waals surface area contributed by atoms with Gasteiger partial charge in [-0.15, -0.1) is 0 Å². The van der Waals surface area contributed by atoms with Crippen LogP contribution in [0.3, 0.4) is 0 Å². The van der Waals surface area contributed by atoms with Crippen LogP contribution in [0.15, 0.2) is 40.8 Å². The van der Waals surface area contributed by atoms with Gasteiger partial charge in [-0.25, -0.2) is 4.79 Å². The molecule has 0 aliphatic heterocycles. The molecule has 2 aromatic rings. The second kappa shape index (κ2) is 5.44. The summed E-state index contributed by atoms with van der Waals surface area (Å²) in [6.45, 7) is 1.97. The predicted molar refractivity (Wildman–Crippen MR) is 77.7 cm³/mol. The maximum Gasteiger partial charge on any atom is 0.330 e. The summed E-state index contributed by atoms with van der Waals surface area (Å²) >= 11 is 0. The molecule has 0 bridgehead atoms. The molecule has 22 heavy (non-hydrogen) atoms. The molecule has 1 aromatic carbocycles. The Hall–Kier alpha value is -2.95. The number of fused-ring (bicyclic) bond motifs is 2. The number of hydrogen-bond acceptors (Lipinski definition) is 5.